The molecule has 0 radical (unpaired) electrons. The number of nitro groups is 1. The average molecular weight is 272 g/mol. The van der Waals surface area contributed by atoms with Gasteiger partial charge in [-0.3, -0.25) is 20.0 Å². The molecule has 0 aliphatic carbocycles. The Morgan fingerprint density at radius 2 is 2.35 bits per heavy atom. The van der Waals surface area contributed by atoms with E-state index in [0.717, 1.165) is 0 Å². The fourth-order valence-electron chi connectivity index (χ4n) is 1.72. The molecule has 1 amide bonds. The van der Waals surface area contributed by atoms with Crippen molar-refractivity contribution in [2.24, 2.45) is 0 Å². The van der Waals surface area contributed by atoms with Crippen molar-refractivity contribution >= 4 is 22.5 Å². The van der Waals surface area contributed by atoms with Crippen LogP contribution in [-0.4, -0.2) is 27.6 Å². The first-order valence-electron chi connectivity index (χ1n) is 5.93. The number of hydrogen-bond donors (Lipinski definition) is 2. The third kappa shape index (κ3) is 3.11. The Hall–Kier alpha value is -2.88. The molecule has 0 spiro atoms. The number of carbonyl (C=O) groups is 1. The van der Waals surface area contributed by atoms with E-state index < -0.39 is 4.92 Å². The first-order valence-corrected chi connectivity index (χ1v) is 5.93. The molecule has 1 aromatic heterocycles. The Balaban J connectivity index is 2.20. The van der Waals surface area contributed by atoms with Crippen LogP contribution in [0.5, 0.6) is 0 Å². The molecule has 0 atom stereocenters. The molecular weight excluding hydrogens is 260 g/mol. The first-order chi connectivity index (χ1) is 9.58. The number of aromatic amines is 1. The Morgan fingerprint density at radius 3 is 3.05 bits per heavy atom. The van der Waals surface area contributed by atoms with Crippen molar-refractivity contribution in [3.05, 3.63) is 34.0 Å². The van der Waals surface area contributed by atoms with E-state index >= 15 is 0 Å². The second-order valence-electron chi connectivity index (χ2n) is 4.12. The van der Waals surface area contributed by atoms with Gasteiger partial charge in [0.15, 0.2) is 0 Å². The van der Waals surface area contributed by atoms with Gasteiger partial charge in [-0.1, -0.05) is 11.8 Å². The zero-order valence-corrected chi connectivity index (χ0v) is 10.8. The second-order valence-corrected chi connectivity index (χ2v) is 4.12. The zero-order chi connectivity index (χ0) is 14.5. The predicted octanol–water partition coefficient (Wildman–Crippen LogP) is 1.35. The number of nitrogens with one attached hydrogen (secondary N) is 2. The van der Waals surface area contributed by atoms with Crippen LogP contribution in [0.3, 0.4) is 0 Å². The highest BCUT2D eigenvalue weighted by Crippen LogP contribution is 2.25. The lowest BCUT2D eigenvalue weighted by Gasteiger charge is -1.96. The molecule has 0 saturated carbocycles. The lowest BCUT2D eigenvalue weighted by Crippen LogP contribution is -2.20. The van der Waals surface area contributed by atoms with Crippen LogP contribution in [0, 0.1) is 22.0 Å². The third-order valence-corrected chi connectivity index (χ3v) is 2.59. The van der Waals surface area contributed by atoms with Gasteiger partial charge in [-0.15, -0.1) is 0 Å². The first kappa shape index (κ1) is 13.5. The summed E-state index contributed by atoms with van der Waals surface area (Å²) in [6, 6.07) is 3.13. The number of fused-ring (bicyclic) bond motifs is 1. The second kappa shape index (κ2) is 5.84. The molecule has 7 heteroatoms. The van der Waals surface area contributed by atoms with Crippen LogP contribution in [0.2, 0.25) is 0 Å². The van der Waals surface area contributed by atoms with Crippen LogP contribution >= 0.6 is 0 Å². The van der Waals surface area contributed by atoms with Crippen LogP contribution in [0.4, 0.5) is 5.69 Å². The molecule has 0 aliphatic rings. The number of nitro benzene ring substituents is 1. The maximum absolute atomic E-state index is 11.0. The number of hydrogen-bond acceptors (Lipinski definition) is 4. The number of amides is 1. The lowest BCUT2D eigenvalue weighted by atomic mass is 10.1. The van der Waals surface area contributed by atoms with Gasteiger partial charge in [-0.05, 0) is 6.07 Å². The normalized spacial score (nSPS) is 9.85. The van der Waals surface area contributed by atoms with Gasteiger partial charge in [0.25, 0.3) is 5.69 Å². The number of nitrogens with zero attached hydrogens (tertiary/aromatic N) is 2. The monoisotopic (exact) mass is 272 g/mol. The van der Waals surface area contributed by atoms with Crippen molar-refractivity contribution in [2.45, 2.75) is 13.3 Å². The molecule has 2 rings (SSSR count). The van der Waals surface area contributed by atoms with Crippen molar-refractivity contribution in [2.75, 3.05) is 6.54 Å². The Labute approximate surface area is 114 Å². The quantitative estimate of drug-likeness (QED) is 0.381. The summed E-state index contributed by atoms with van der Waals surface area (Å²) in [5, 5.41) is 20.5. The maximum atomic E-state index is 11.0. The van der Waals surface area contributed by atoms with Crippen molar-refractivity contribution in [3.8, 4) is 11.8 Å². The van der Waals surface area contributed by atoms with E-state index in [-0.39, 0.29) is 11.6 Å². The third-order valence-electron chi connectivity index (χ3n) is 2.59. The molecule has 2 N–H and O–H groups in total. The summed E-state index contributed by atoms with van der Waals surface area (Å²) in [4.78, 5) is 21.2. The molecule has 0 unspecified atom stereocenters. The van der Waals surface area contributed by atoms with Crippen LogP contribution < -0.4 is 5.32 Å². The van der Waals surface area contributed by atoms with Crippen molar-refractivity contribution in [3.63, 3.8) is 0 Å². The SMILES string of the molecule is CC(=O)NCCC#Cc1cc([N+](=O)[O-])c2cn[nH]c2c1. The minimum Gasteiger partial charge on any atom is -0.355 e. The predicted molar refractivity (Wildman–Crippen MR) is 72.9 cm³/mol. The van der Waals surface area contributed by atoms with E-state index in [2.05, 4.69) is 27.4 Å². The minimum atomic E-state index is -0.458. The molecule has 7 nitrogen and oxygen atoms in total. The van der Waals surface area contributed by atoms with Gasteiger partial charge in [0, 0.05) is 31.5 Å². The molecule has 1 heterocycles. The van der Waals surface area contributed by atoms with E-state index in [1.807, 2.05) is 0 Å². The summed E-state index contributed by atoms with van der Waals surface area (Å²) in [6.45, 7) is 1.89. The highest BCUT2D eigenvalue weighted by Gasteiger charge is 2.14. The molecule has 102 valence electrons. The molecule has 0 fully saturated rings. The zero-order valence-electron chi connectivity index (χ0n) is 10.8. The van der Waals surface area contributed by atoms with Gasteiger partial charge < -0.3 is 5.32 Å². The van der Waals surface area contributed by atoms with Gasteiger partial charge in [0.05, 0.1) is 22.0 Å². The Kier molecular flexibility index (Phi) is 3.96. The summed E-state index contributed by atoms with van der Waals surface area (Å²) in [5.74, 6) is 5.59. The van der Waals surface area contributed by atoms with Gasteiger partial charge in [0.2, 0.25) is 5.91 Å². The van der Waals surface area contributed by atoms with Crippen LogP contribution in [-0.2, 0) is 4.79 Å². The number of aromatic nitrogens is 2. The molecule has 0 saturated heterocycles. The van der Waals surface area contributed by atoms with Gasteiger partial charge >= 0.3 is 0 Å². The minimum absolute atomic E-state index is 0.0255. The van der Waals surface area contributed by atoms with Crippen LogP contribution in [0.25, 0.3) is 10.9 Å². The topological polar surface area (TPSA) is 101 Å². The average Bonchev–Trinajstić information content (AvgIpc) is 2.84. The van der Waals surface area contributed by atoms with E-state index in [1.54, 1.807) is 6.07 Å². The molecular formula is C13H12N4O3. The van der Waals surface area contributed by atoms with Gasteiger partial charge in [-0.2, -0.15) is 5.10 Å². The van der Waals surface area contributed by atoms with E-state index in [4.69, 9.17) is 0 Å². The van der Waals surface area contributed by atoms with Crippen LogP contribution in [0.15, 0.2) is 18.3 Å². The van der Waals surface area contributed by atoms with E-state index in [9.17, 15) is 14.9 Å². The molecule has 1 aromatic carbocycles. The molecule has 20 heavy (non-hydrogen) atoms. The fraction of sp³-hybridized carbons (Fsp3) is 0.231. The van der Waals surface area contributed by atoms with E-state index in [1.165, 1.54) is 19.2 Å². The summed E-state index contributed by atoms with van der Waals surface area (Å²) < 4.78 is 0. The van der Waals surface area contributed by atoms with Crippen molar-refractivity contribution in [1.29, 1.82) is 0 Å². The molecule has 0 aliphatic heterocycles. The molecule has 0 bridgehead atoms. The molecule has 2 aromatic rings. The number of non-ortho nitro benzene ring substituents is 1. The van der Waals surface area contributed by atoms with E-state index in [0.29, 0.717) is 29.4 Å². The maximum Gasteiger partial charge on any atom is 0.281 e. The summed E-state index contributed by atoms with van der Waals surface area (Å²) in [6.07, 6.45) is 1.90. The number of rotatable bonds is 3. The number of benzene rings is 1. The highest BCUT2D eigenvalue weighted by atomic mass is 16.6. The number of carbonyl (C=O) groups excluding carboxylic acids is 1. The van der Waals surface area contributed by atoms with Crippen molar-refractivity contribution < 1.29 is 9.72 Å². The van der Waals surface area contributed by atoms with Gasteiger partial charge in [0.1, 0.15) is 0 Å². The summed E-state index contributed by atoms with van der Waals surface area (Å²) in [7, 11) is 0. The fourth-order valence-corrected chi connectivity index (χ4v) is 1.72. The summed E-state index contributed by atoms with van der Waals surface area (Å²) in [5.41, 5.74) is 1.09. The smallest absolute Gasteiger partial charge is 0.281 e. The lowest BCUT2D eigenvalue weighted by molar-refractivity contribution is -0.383. The van der Waals surface area contributed by atoms with Crippen LogP contribution in [0.1, 0.15) is 18.9 Å². The number of H-pyrrole nitrogens is 1. The summed E-state index contributed by atoms with van der Waals surface area (Å²) >= 11 is 0. The highest BCUT2D eigenvalue weighted by molar-refractivity contribution is 5.88. The van der Waals surface area contributed by atoms with Gasteiger partial charge in [-0.25, -0.2) is 0 Å². The van der Waals surface area contributed by atoms with Crippen molar-refractivity contribution in [1.82, 2.24) is 15.5 Å². The Bertz CT molecular complexity index is 724. The standard InChI is InChI=1S/C13H12N4O3/c1-9(18)14-5-3-2-4-10-6-12-11(8-15-16-12)13(7-10)17(19)20/h6-8H,3,5H2,1H3,(H,14,18)(H,15,16). The Morgan fingerprint density at radius 1 is 1.55 bits per heavy atom. The largest absolute Gasteiger partial charge is 0.355 e.